The van der Waals surface area contributed by atoms with Gasteiger partial charge in [-0.15, -0.1) is 0 Å². The summed E-state index contributed by atoms with van der Waals surface area (Å²) in [5.41, 5.74) is 1.25. The number of hydrogen-bond donors (Lipinski definition) is 0. The lowest BCUT2D eigenvalue weighted by Crippen LogP contribution is -2.43. The summed E-state index contributed by atoms with van der Waals surface area (Å²) in [6.45, 7) is 8.21. The van der Waals surface area contributed by atoms with Gasteiger partial charge in [0, 0.05) is 31.7 Å². The molecule has 1 aromatic heterocycles. The number of thiazole rings is 1. The monoisotopic (exact) mass is 443 g/mol. The average molecular weight is 444 g/mol. The Hall–Kier alpha value is -2.55. The lowest BCUT2D eigenvalue weighted by atomic mass is 10.2. The van der Waals surface area contributed by atoms with Crippen LogP contribution >= 0.6 is 11.3 Å². The topological polar surface area (TPSA) is 54.9 Å². The lowest BCUT2D eigenvalue weighted by Gasteiger charge is -2.29. The molecular formula is C23H26FN3O3S. The number of hydrogen-bond acceptors (Lipinski definition) is 6. The van der Waals surface area contributed by atoms with Crippen LogP contribution in [0.1, 0.15) is 24.2 Å². The molecule has 2 aromatic carbocycles. The summed E-state index contributed by atoms with van der Waals surface area (Å²) in [6, 6.07) is 11.7. The van der Waals surface area contributed by atoms with Crippen LogP contribution in [-0.2, 0) is 4.74 Å². The molecule has 6 nitrogen and oxygen atoms in total. The largest absolute Gasteiger partial charge is 0.491 e. The van der Waals surface area contributed by atoms with Crippen LogP contribution in [0.5, 0.6) is 5.75 Å². The molecule has 1 fully saturated rings. The number of fused-ring (bicyclic) bond motifs is 1. The molecular weight excluding hydrogens is 417 g/mol. The summed E-state index contributed by atoms with van der Waals surface area (Å²) in [5, 5.41) is 0.571. The SMILES string of the molecule is CC(C)Oc1ccc(C(=O)N(CCN2CCOCC2)c2nc3ccc(F)cc3s2)cc1. The quantitative estimate of drug-likeness (QED) is 0.548. The number of rotatable bonds is 7. The minimum absolute atomic E-state index is 0.0646. The van der Waals surface area contributed by atoms with Crippen LogP contribution in [0.25, 0.3) is 10.2 Å². The van der Waals surface area contributed by atoms with Crippen molar-refractivity contribution < 1.29 is 18.7 Å². The first-order valence-electron chi connectivity index (χ1n) is 10.4. The maximum absolute atomic E-state index is 13.7. The lowest BCUT2D eigenvalue weighted by molar-refractivity contribution is 0.0391. The van der Waals surface area contributed by atoms with Crippen molar-refractivity contribution in [2.24, 2.45) is 0 Å². The Morgan fingerprint density at radius 1 is 1.23 bits per heavy atom. The molecule has 8 heteroatoms. The highest BCUT2D eigenvalue weighted by molar-refractivity contribution is 7.22. The van der Waals surface area contributed by atoms with Gasteiger partial charge in [-0.1, -0.05) is 11.3 Å². The predicted molar refractivity (Wildman–Crippen MR) is 121 cm³/mol. The Labute approximate surface area is 185 Å². The molecule has 2 heterocycles. The summed E-state index contributed by atoms with van der Waals surface area (Å²) in [5.74, 6) is 0.278. The van der Waals surface area contributed by atoms with Gasteiger partial charge in [0.15, 0.2) is 5.13 Å². The summed E-state index contributed by atoms with van der Waals surface area (Å²) in [7, 11) is 0. The molecule has 0 atom stereocenters. The van der Waals surface area contributed by atoms with Gasteiger partial charge < -0.3 is 9.47 Å². The molecule has 0 saturated carbocycles. The summed E-state index contributed by atoms with van der Waals surface area (Å²) in [4.78, 5) is 22.0. The second kappa shape index (κ2) is 9.72. The van der Waals surface area contributed by atoms with Crippen LogP contribution in [0.3, 0.4) is 0 Å². The fraction of sp³-hybridized carbons (Fsp3) is 0.391. The minimum atomic E-state index is -0.311. The molecule has 1 aliphatic heterocycles. The zero-order chi connectivity index (χ0) is 21.8. The number of carbonyl (C=O) groups is 1. The number of halogens is 1. The molecule has 1 amide bonds. The van der Waals surface area contributed by atoms with Gasteiger partial charge in [-0.3, -0.25) is 14.6 Å². The first-order chi connectivity index (χ1) is 15.0. The van der Waals surface area contributed by atoms with Gasteiger partial charge in [0.25, 0.3) is 5.91 Å². The predicted octanol–water partition coefficient (Wildman–Crippen LogP) is 4.20. The molecule has 0 bridgehead atoms. The van der Waals surface area contributed by atoms with Crippen molar-refractivity contribution in [3.63, 3.8) is 0 Å². The Balaban J connectivity index is 1.59. The minimum Gasteiger partial charge on any atom is -0.491 e. The zero-order valence-electron chi connectivity index (χ0n) is 17.7. The molecule has 3 aromatic rings. The number of amides is 1. The van der Waals surface area contributed by atoms with Gasteiger partial charge in [0.05, 0.1) is 29.5 Å². The van der Waals surface area contributed by atoms with Crippen molar-refractivity contribution >= 4 is 32.6 Å². The number of carbonyl (C=O) groups excluding carboxylic acids is 1. The van der Waals surface area contributed by atoms with Crippen molar-refractivity contribution in [3.05, 3.63) is 53.8 Å². The molecule has 1 saturated heterocycles. The molecule has 4 rings (SSSR count). The van der Waals surface area contributed by atoms with Gasteiger partial charge in [-0.2, -0.15) is 0 Å². The van der Waals surface area contributed by atoms with Crippen LogP contribution in [0.2, 0.25) is 0 Å². The first kappa shape index (κ1) is 21.7. The van der Waals surface area contributed by atoms with Crippen LogP contribution in [0.15, 0.2) is 42.5 Å². The molecule has 0 spiro atoms. The maximum atomic E-state index is 13.7. The zero-order valence-corrected chi connectivity index (χ0v) is 18.5. The molecule has 0 aliphatic carbocycles. The van der Waals surface area contributed by atoms with Crippen LogP contribution in [0, 0.1) is 5.82 Å². The normalized spacial score (nSPS) is 14.8. The molecule has 1 aliphatic rings. The van der Waals surface area contributed by atoms with E-state index in [0.29, 0.717) is 42.5 Å². The van der Waals surface area contributed by atoms with E-state index in [2.05, 4.69) is 9.88 Å². The Morgan fingerprint density at radius 3 is 2.68 bits per heavy atom. The summed E-state index contributed by atoms with van der Waals surface area (Å²) in [6.07, 6.45) is 0.0646. The summed E-state index contributed by atoms with van der Waals surface area (Å²) >= 11 is 1.33. The molecule has 0 radical (unpaired) electrons. The number of benzene rings is 2. The van der Waals surface area contributed by atoms with E-state index in [-0.39, 0.29) is 17.8 Å². The van der Waals surface area contributed by atoms with E-state index >= 15 is 0 Å². The van der Waals surface area contributed by atoms with E-state index in [1.54, 1.807) is 35.2 Å². The Bertz CT molecular complexity index is 1030. The third kappa shape index (κ3) is 5.39. The summed E-state index contributed by atoms with van der Waals surface area (Å²) < 4.78 is 25.5. The molecule has 0 unspecified atom stereocenters. The van der Waals surface area contributed by atoms with Crippen molar-refractivity contribution in [1.82, 2.24) is 9.88 Å². The number of ether oxygens (including phenoxy) is 2. The van der Waals surface area contributed by atoms with E-state index < -0.39 is 0 Å². The fourth-order valence-electron chi connectivity index (χ4n) is 3.46. The highest BCUT2D eigenvalue weighted by atomic mass is 32.1. The van der Waals surface area contributed by atoms with E-state index in [0.717, 1.165) is 23.5 Å². The smallest absolute Gasteiger partial charge is 0.260 e. The highest BCUT2D eigenvalue weighted by Gasteiger charge is 2.23. The average Bonchev–Trinajstić information content (AvgIpc) is 3.17. The van der Waals surface area contributed by atoms with Crippen molar-refractivity contribution in [3.8, 4) is 5.75 Å². The van der Waals surface area contributed by atoms with Crippen molar-refractivity contribution in [2.75, 3.05) is 44.3 Å². The first-order valence-corrected chi connectivity index (χ1v) is 11.3. The van der Waals surface area contributed by atoms with Gasteiger partial charge in [-0.05, 0) is 56.3 Å². The van der Waals surface area contributed by atoms with Crippen LogP contribution in [-0.4, -0.2) is 61.3 Å². The third-order valence-corrected chi connectivity index (χ3v) is 6.07. The third-order valence-electron chi connectivity index (χ3n) is 5.03. The van der Waals surface area contributed by atoms with E-state index in [4.69, 9.17) is 9.47 Å². The highest BCUT2D eigenvalue weighted by Crippen LogP contribution is 2.30. The fourth-order valence-corrected chi connectivity index (χ4v) is 4.47. The molecule has 164 valence electrons. The van der Waals surface area contributed by atoms with Gasteiger partial charge in [-0.25, -0.2) is 9.37 Å². The van der Waals surface area contributed by atoms with Gasteiger partial charge in [0.2, 0.25) is 0 Å². The number of anilines is 1. The molecule has 0 N–H and O–H groups in total. The van der Waals surface area contributed by atoms with Crippen molar-refractivity contribution in [1.29, 1.82) is 0 Å². The Kier molecular flexibility index (Phi) is 6.80. The van der Waals surface area contributed by atoms with Crippen molar-refractivity contribution in [2.45, 2.75) is 20.0 Å². The van der Waals surface area contributed by atoms with Gasteiger partial charge in [0.1, 0.15) is 11.6 Å². The van der Waals surface area contributed by atoms with Gasteiger partial charge >= 0.3 is 0 Å². The Morgan fingerprint density at radius 2 is 1.97 bits per heavy atom. The van der Waals surface area contributed by atoms with E-state index in [9.17, 15) is 9.18 Å². The second-order valence-electron chi connectivity index (χ2n) is 7.71. The van der Waals surface area contributed by atoms with E-state index in [1.165, 1.54) is 23.5 Å². The molecule has 31 heavy (non-hydrogen) atoms. The maximum Gasteiger partial charge on any atom is 0.260 e. The van der Waals surface area contributed by atoms with Crippen LogP contribution in [0.4, 0.5) is 9.52 Å². The number of nitrogens with zero attached hydrogens (tertiary/aromatic N) is 3. The van der Waals surface area contributed by atoms with E-state index in [1.807, 2.05) is 13.8 Å². The van der Waals surface area contributed by atoms with Crippen LogP contribution < -0.4 is 9.64 Å². The number of morpholine rings is 1. The second-order valence-corrected chi connectivity index (χ2v) is 8.72. The number of aromatic nitrogens is 1. The standard InChI is InChI=1S/C23H26FN3O3S/c1-16(2)30-19-6-3-17(4-7-19)22(28)27(10-9-26-11-13-29-14-12-26)23-25-20-8-5-18(24)15-21(20)31-23/h3-8,15-16H,9-14H2,1-2H3.